The van der Waals surface area contributed by atoms with Gasteiger partial charge in [-0.3, -0.25) is 9.48 Å². The van der Waals surface area contributed by atoms with Crippen LogP contribution in [0.4, 0.5) is 4.39 Å². The quantitative estimate of drug-likeness (QED) is 0.870. The standard InChI is InChI=1S/C18H22FN3O3/c1-22-16(8-9-21-22)18-13(3-2-10-24-18)11-20-17(23)12-25-15-6-4-14(19)5-7-15/h4-9,13,18H,2-3,10-12H2,1H3,(H,20,23)/t13-,18+/m0/s1. The summed E-state index contributed by atoms with van der Waals surface area (Å²) >= 11 is 0. The molecule has 2 atom stereocenters. The summed E-state index contributed by atoms with van der Waals surface area (Å²) in [5.74, 6) is 0.109. The molecule has 6 nitrogen and oxygen atoms in total. The van der Waals surface area contributed by atoms with Gasteiger partial charge in [0, 0.05) is 32.3 Å². The lowest BCUT2D eigenvalue weighted by molar-refractivity contribution is -0.123. The van der Waals surface area contributed by atoms with Crippen LogP contribution in [0.2, 0.25) is 0 Å². The van der Waals surface area contributed by atoms with Gasteiger partial charge in [-0.2, -0.15) is 5.10 Å². The number of aryl methyl sites for hydroxylation is 1. The van der Waals surface area contributed by atoms with E-state index in [4.69, 9.17) is 9.47 Å². The highest BCUT2D eigenvalue weighted by atomic mass is 19.1. The van der Waals surface area contributed by atoms with Crippen molar-refractivity contribution in [1.82, 2.24) is 15.1 Å². The van der Waals surface area contributed by atoms with Crippen molar-refractivity contribution in [3.05, 3.63) is 48.0 Å². The molecule has 1 aromatic heterocycles. The van der Waals surface area contributed by atoms with Crippen LogP contribution in [-0.4, -0.2) is 35.4 Å². The van der Waals surface area contributed by atoms with Gasteiger partial charge in [0.2, 0.25) is 0 Å². The Morgan fingerprint density at radius 1 is 1.40 bits per heavy atom. The molecule has 1 saturated heterocycles. The zero-order valence-corrected chi connectivity index (χ0v) is 14.2. The number of carbonyl (C=O) groups excluding carboxylic acids is 1. The predicted octanol–water partition coefficient (Wildman–Crippen LogP) is 2.22. The lowest BCUT2D eigenvalue weighted by Crippen LogP contribution is -2.37. The Labute approximate surface area is 145 Å². The summed E-state index contributed by atoms with van der Waals surface area (Å²) in [5, 5.41) is 7.09. The Balaban J connectivity index is 1.50. The molecule has 2 heterocycles. The Morgan fingerprint density at radius 2 is 2.20 bits per heavy atom. The summed E-state index contributed by atoms with van der Waals surface area (Å²) in [4.78, 5) is 12.0. The van der Waals surface area contributed by atoms with E-state index in [1.165, 1.54) is 24.3 Å². The number of ether oxygens (including phenoxy) is 2. The van der Waals surface area contributed by atoms with E-state index in [2.05, 4.69) is 10.4 Å². The van der Waals surface area contributed by atoms with Gasteiger partial charge in [-0.25, -0.2) is 4.39 Å². The molecule has 7 heteroatoms. The number of amides is 1. The smallest absolute Gasteiger partial charge is 0.257 e. The molecule has 1 amide bonds. The number of nitrogens with one attached hydrogen (secondary N) is 1. The molecule has 1 aliphatic rings. The van der Waals surface area contributed by atoms with Crippen LogP contribution in [0.1, 0.15) is 24.6 Å². The molecular weight excluding hydrogens is 325 g/mol. The second-order valence-corrected chi connectivity index (χ2v) is 6.12. The van der Waals surface area contributed by atoms with Gasteiger partial charge in [-0.15, -0.1) is 0 Å². The highest BCUT2D eigenvalue weighted by Gasteiger charge is 2.29. The molecule has 0 radical (unpaired) electrons. The molecule has 1 N–H and O–H groups in total. The van der Waals surface area contributed by atoms with Crippen molar-refractivity contribution in [1.29, 1.82) is 0 Å². The number of rotatable bonds is 6. The van der Waals surface area contributed by atoms with Crippen LogP contribution in [-0.2, 0) is 16.6 Å². The normalized spacial score (nSPS) is 20.2. The maximum absolute atomic E-state index is 12.8. The van der Waals surface area contributed by atoms with Crippen LogP contribution in [0.15, 0.2) is 36.5 Å². The lowest BCUT2D eigenvalue weighted by atomic mass is 9.92. The average Bonchev–Trinajstić information content (AvgIpc) is 3.05. The minimum absolute atomic E-state index is 0.0698. The van der Waals surface area contributed by atoms with Crippen LogP contribution in [0.5, 0.6) is 5.75 Å². The van der Waals surface area contributed by atoms with Crippen molar-refractivity contribution in [2.75, 3.05) is 19.8 Å². The minimum atomic E-state index is -0.338. The molecule has 0 bridgehead atoms. The molecule has 25 heavy (non-hydrogen) atoms. The Morgan fingerprint density at radius 3 is 2.92 bits per heavy atom. The molecule has 0 aliphatic carbocycles. The van der Waals surface area contributed by atoms with Gasteiger partial charge in [0.05, 0.1) is 5.69 Å². The maximum Gasteiger partial charge on any atom is 0.257 e. The van der Waals surface area contributed by atoms with Crippen molar-refractivity contribution < 1.29 is 18.7 Å². The predicted molar refractivity (Wildman–Crippen MR) is 89.5 cm³/mol. The first kappa shape index (κ1) is 17.4. The number of benzene rings is 1. The second kappa shape index (κ2) is 8.11. The number of aromatic nitrogens is 2. The zero-order valence-electron chi connectivity index (χ0n) is 14.2. The van der Waals surface area contributed by atoms with E-state index >= 15 is 0 Å². The van der Waals surface area contributed by atoms with Gasteiger partial charge in [-0.05, 0) is 43.2 Å². The van der Waals surface area contributed by atoms with Crippen molar-refractivity contribution in [2.45, 2.75) is 18.9 Å². The molecule has 134 valence electrons. The topological polar surface area (TPSA) is 65.4 Å². The minimum Gasteiger partial charge on any atom is -0.484 e. The van der Waals surface area contributed by atoms with Gasteiger partial charge < -0.3 is 14.8 Å². The van der Waals surface area contributed by atoms with Crippen molar-refractivity contribution in [3.63, 3.8) is 0 Å². The fraction of sp³-hybridized carbons (Fsp3) is 0.444. The van der Waals surface area contributed by atoms with Gasteiger partial charge in [-0.1, -0.05) is 0 Å². The molecule has 1 aromatic carbocycles. The van der Waals surface area contributed by atoms with E-state index in [9.17, 15) is 9.18 Å². The number of halogens is 1. The number of hydrogen-bond acceptors (Lipinski definition) is 4. The second-order valence-electron chi connectivity index (χ2n) is 6.12. The molecule has 1 aliphatic heterocycles. The first-order valence-electron chi connectivity index (χ1n) is 8.38. The summed E-state index contributed by atoms with van der Waals surface area (Å²) < 4.78 is 25.9. The summed E-state index contributed by atoms with van der Waals surface area (Å²) in [5.41, 5.74) is 1.02. The van der Waals surface area contributed by atoms with Crippen LogP contribution in [0.25, 0.3) is 0 Å². The van der Waals surface area contributed by atoms with E-state index in [1.807, 2.05) is 17.8 Å². The van der Waals surface area contributed by atoms with Crippen LogP contribution in [0, 0.1) is 11.7 Å². The number of nitrogens with zero attached hydrogens (tertiary/aromatic N) is 2. The summed E-state index contributed by atoms with van der Waals surface area (Å²) in [6, 6.07) is 7.53. The Kier molecular flexibility index (Phi) is 5.65. The first-order chi connectivity index (χ1) is 12.1. The Hall–Kier alpha value is -2.41. The molecule has 1 fully saturated rings. The fourth-order valence-electron chi connectivity index (χ4n) is 3.02. The van der Waals surface area contributed by atoms with E-state index in [-0.39, 0.29) is 30.4 Å². The van der Waals surface area contributed by atoms with Crippen LogP contribution >= 0.6 is 0 Å². The third-order valence-corrected chi connectivity index (χ3v) is 4.34. The van der Waals surface area contributed by atoms with Crippen LogP contribution < -0.4 is 10.1 Å². The zero-order chi connectivity index (χ0) is 17.6. The van der Waals surface area contributed by atoms with E-state index < -0.39 is 0 Å². The van der Waals surface area contributed by atoms with E-state index in [0.717, 1.165) is 18.5 Å². The fourth-order valence-corrected chi connectivity index (χ4v) is 3.02. The molecule has 0 spiro atoms. The van der Waals surface area contributed by atoms with Gasteiger partial charge in [0.1, 0.15) is 17.7 Å². The van der Waals surface area contributed by atoms with Crippen LogP contribution in [0.3, 0.4) is 0 Å². The highest BCUT2D eigenvalue weighted by Crippen LogP contribution is 2.32. The lowest BCUT2D eigenvalue weighted by Gasteiger charge is -2.31. The molecule has 0 saturated carbocycles. The third-order valence-electron chi connectivity index (χ3n) is 4.34. The van der Waals surface area contributed by atoms with E-state index in [0.29, 0.717) is 18.9 Å². The number of carbonyl (C=O) groups is 1. The SMILES string of the molecule is Cn1nccc1[C@@H]1OCCC[C@H]1CNC(=O)COc1ccc(F)cc1. The monoisotopic (exact) mass is 347 g/mol. The maximum atomic E-state index is 12.8. The van der Waals surface area contributed by atoms with E-state index in [1.54, 1.807) is 6.20 Å². The summed E-state index contributed by atoms with van der Waals surface area (Å²) in [6.45, 7) is 1.13. The average molecular weight is 347 g/mol. The first-order valence-corrected chi connectivity index (χ1v) is 8.38. The molecular formula is C18H22FN3O3. The Bertz CT molecular complexity index is 702. The number of hydrogen-bond donors (Lipinski definition) is 1. The summed E-state index contributed by atoms with van der Waals surface area (Å²) in [7, 11) is 1.89. The van der Waals surface area contributed by atoms with Crippen molar-refractivity contribution in [2.24, 2.45) is 13.0 Å². The molecule has 0 unspecified atom stereocenters. The third kappa shape index (κ3) is 4.57. The largest absolute Gasteiger partial charge is 0.484 e. The van der Waals surface area contributed by atoms with Gasteiger partial charge in [0.25, 0.3) is 5.91 Å². The van der Waals surface area contributed by atoms with Crippen molar-refractivity contribution >= 4 is 5.91 Å². The van der Waals surface area contributed by atoms with Crippen molar-refractivity contribution in [3.8, 4) is 5.75 Å². The van der Waals surface area contributed by atoms with Gasteiger partial charge >= 0.3 is 0 Å². The van der Waals surface area contributed by atoms with Gasteiger partial charge in [0.15, 0.2) is 6.61 Å². The highest BCUT2D eigenvalue weighted by molar-refractivity contribution is 5.77. The summed E-state index contributed by atoms with van der Waals surface area (Å²) in [6.07, 6.45) is 3.63. The molecule has 2 aromatic rings. The molecule has 3 rings (SSSR count).